The van der Waals surface area contributed by atoms with Crippen LogP contribution in [0.2, 0.25) is 0 Å². The second-order valence-electron chi connectivity index (χ2n) is 5.94. The molecule has 106 valence electrons. The average molecular weight is 262 g/mol. The summed E-state index contributed by atoms with van der Waals surface area (Å²) in [5, 5.41) is 10.5. The minimum atomic E-state index is -0.423. The second kappa shape index (κ2) is 7.06. The van der Waals surface area contributed by atoms with Crippen molar-refractivity contribution < 1.29 is 9.84 Å². The molecule has 2 rings (SSSR count). The standard InChI is InChI=1S/C17H26O2/c1-2-10-17(18)11-6-9-16(12-17)14-19-13-15-7-4-3-5-8-15/h3-5,7-8,16,18H,2,6,9-14H2,1H3/t16-,17-/m1/s1. The lowest BCUT2D eigenvalue weighted by Crippen LogP contribution is -2.36. The molecule has 1 aliphatic carbocycles. The molecule has 0 unspecified atom stereocenters. The van der Waals surface area contributed by atoms with E-state index in [-0.39, 0.29) is 0 Å². The Morgan fingerprint density at radius 2 is 2.11 bits per heavy atom. The summed E-state index contributed by atoms with van der Waals surface area (Å²) in [5.41, 5.74) is 0.801. The summed E-state index contributed by atoms with van der Waals surface area (Å²) in [4.78, 5) is 0. The zero-order valence-corrected chi connectivity index (χ0v) is 12.0. The Morgan fingerprint density at radius 3 is 2.84 bits per heavy atom. The molecule has 2 heteroatoms. The van der Waals surface area contributed by atoms with E-state index in [2.05, 4.69) is 19.1 Å². The summed E-state index contributed by atoms with van der Waals surface area (Å²) in [6.45, 7) is 3.61. The zero-order valence-electron chi connectivity index (χ0n) is 12.0. The van der Waals surface area contributed by atoms with E-state index in [4.69, 9.17) is 4.74 Å². The van der Waals surface area contributed by atoms with Crippen LogP contribution in [0.15, 0.2) is 30.3 Å². The summed E-state index contributed by atoms with van der Waals surface area (Å²) in [6.07, 6.45) is 6.21. The van der Waals surface area contributed by atoms with Gasteiger partial charge in [-0.05, 0) is 37.2 Å². The monoisotopic (exact) mass is 262 g/mol. The number of rotatable bonds is 6. The Bertz CT molecular complexity index is 359. The van der Waals surface area contributed by atoms with Crippen LogP contribution in [0, 0.1) is 5.92 Å². The molecular formula is C17H26O2. The Hall–Kier alpha value is -0.860. The molecule has 1 aromatic rings. The first-order valence-electron chi connectivity index (χ1n) is 7.56. The topological polar surface area (TPSA) is 29.5 Å². The van der Waals surface area contributed by atoms with Crippen LogP contribution in [0.25, 0.3) is 0 Å². The van der Waals surface area contributed by atoms with Crippen molar-refractivity contribution in [2.75, 3.05) is 6.61 Å². The smallest absolute Gasteiger partial charge is 0.0717 e. The van der Waals surface area contributed by atoms with Crippen molar-refractivity contribution in [2.24, 2.45) is 5.92 Å². The van der Waals surface area contributed by atoms with E-state index in [1.165, 1.54) is 12.0 Å². The highest BCUT2D eigenvalue weighted by molar-refractivity contribution is 5.13. The maximum absolute atomic E-state index is 10.5. The van der Waals surface area contributed by atoms with Crippen LogP contribution in [0.5, 0.6) is 0 Å². The maximum atomic E-state index is 10.5. The summed E-state index contributed by atoms with van der Waals surface area (Å²) >= 11 is 0. The molecule has 1 saturated carbocycles. The number of benzene rings is 1. The minimum Gasteiger partial charge on any atom is -0.390 e. The molecule has 0 saturated heterocycles. The number of hydrogen-bond acceptors (Lipinski definition) is 2. The van der Waals surface area contributed by atoms with Gasteiger partial charge in [0.1, 0.15) is 0 Å². The summed E-state index contributed by atoms with van der Waals surface area (Å²) in [6, 6.07) is 10.3. The fourth-order valence-electron chi connectivity index (χ4n) is 3.21. The third-order valence-corrected chi connectivity index (χ3v) is 4.10. The largest absolute Gasteiger partial charge is 0.390 e. The van der Waals surface area contributed by atoms with Crippen molar-refractivity contribution in [3.05, 3.63) is 35.9 Å². The van der Waals surface area contributed by atoms with Crippen molar-refractivity contribution in [3.63, 3.8) is 0 Å². The molecule has 2 atom stereocenters. The number of ether oxygens (including phenoxy) is 1. The third kappa shape index (κ3) is 4.63. The van der Waals surface area contributed by atoms with Crippen LogP contribution in [-0.4, -0.2) is 17.3 Å². The molecule has 0 heterocycles. The molecular weight excluding hydrogens is 236 g/mol. The van der Waals surface area contributed by atoms with Crippen LogP contribution in [0.4, 0.5) is 0 Å². The molecule has 0 spiro atoms. The Morgan fingerprint density at radius 1 is 1.32 bits per heavy atom. The zero-order chi connectivity index (χ0) is 13.6. The van der Waals surface area contributed by atoms with Gasteiger partial charge in [-0.25, -0.2) is 0 Å². The molecule has 0 amide bonds. The van der Waals surface area contributed by atoms with Gasteiger partial charge in [-0.1, -0.05) is 50.1 Å². The van der Waals surface area contributed by atoms with E-state index in [9.17, 15) is 5.11 Å². The molecule has 1 aromatic carbocycles. The molecule has 0 aliphatic heterocycles. The second-order valence-corrected chi connectivity index (χ2v) is 5.94. The first kappa shape index (κ1) is 14.5. The van der Waals surface area contributed by atoms with E-state index < -0.39 is 5.60 Å². The van der Waals surface area contributed by atoms with Crippen molar-refractivity contribution in [1.82, 2.24) is 0 Å². The summed E-state index contributed by atoms with van der Waals surface area (Å²) in [7, 11) is 0. The van der Waals surface area contributed by atoms with Gasteiger partial charge in [-0.2, -0.15) is 0 Å². The van der Waals surface area contributed by atoms with Gasteiger partial charge in [-0.15, -0.1) is 0 Å². The van der Waals surface area contributed by atoms with E-state index in [0.717, 1.165) is 38.7 Å². The van der Waals surface area contributed by atoms with Crippen LogP contribution < -0.4 is 0 Å². The first-order chi connectivity index (χ1) is 9.22. The van der Waals surface area contributed by atoms with Crippen LogP contribution >= 0.6 is 0 Å². The lowest BCUT2D eigenvalue weighted by atomic mass is 9.76. The van der Waals surface area contributed by atoms with Crippen LogP contribution in [0.3, 0.4) is 0 Å². The van der Waals surface area contributed by atoms with Crippen LogP contribution in [0.1, 0.15) is 51.0 Å². The van der Waals surface area contributed by atoms with E-state index in [1.54, 1.807) is 0 Å². The summed E-state index contributed by atoms with van der Waals surface area (Å²) in [5.74, 6) is 0.522. The van der Waals surface area contributed by atoms with Gasteiger partial charge < -0.3 is 9.84 Å². The molecule has 1 aliphatic rings. The lowest BCUT2D eigenvalue weighted by Gasteiger charge is -2.36. The highest BCUT2D eigenvalue weighted by Gasteiger charge is 2.33. The van der Waals surface area contributed by atoms with Gasteiger partial charge in [-0.3, -0.25) is 0 Å². The molecule has 19 heavy (non-hydrogen) atoms. The minimum absolute atomic E-state index is 0.423. The SMILES string of the molecule is CCC[C@@]1(O)CCC[C@@H](COCc2ccccc2)C1. The highest BCUT2D eigenvalue weighted by Crippen LogP contribution is 2.35. The average Bonchev–Trinajstić information content (AvgIpc) is 2.40. The van der Waals surface area contributed by atoms with Crippen molar-refractivity contribution in [2.45, 2.75) is 57.7 Å². The van der Waals surface area contributed by atoms with E-state index in [0.29, 0.717) is 12.5 Å². The normalized spacial score (nSPS) is 27.4. The van der Waals surface area contributed by atoms with Gasteiger partial charge in [0, 0.05) is 6.61 Å². The molecule has 0 radical (unpaired) electrons. The predicted molar refractivity (Wildman–Crippen MR) is 77.9 cm³/mol. The summed E-state index contributed by atoms with van der Waals surface area (Å²) < 4.78 is 5.82. The van der Waals surface area contributed by atoms with Crippen LogP contribution in [-0.2, 0) is 11.3 Å². The first-order valence-corrected chi connectivity index (χ1v) is 7.56. The van der Waals surface area contributed by atoms with Crippen molar-refractivity contribution in [3.8, 4) is 0 Å². The van der Waals surface area contributed by atoms with Gasteiger partial charge in [0.05, 0.1) is 12.2 Å². The van der Waals surface area contributed by atoms with Gasteiger partial charge in [0.25, 0.3) is 0 Å². The van der Waals surface area contributed by atoms with Gasteiger partial charge in [0.15, 0.2) is 0 Å². The van der Waals surface area contributed by atoms with Crippen molar-refractivity contribution >= 4 is 0 Å². The Balaban J connectivity index is 1.74. The third-order valence-electron chi connectivity index (χ3n) is 4.10. The Kier molecular flexibility index (Phi) is 5.41. The van der Waals surface area contributed by atoms with E-state index >= 15 is 0 Å². The molecule has 0 bridgehead atoms. The Labute approximate surface area is 116 Å². The van der Waals surface area contributed by atoms with Gasteiger partial charge >= 0.3 is 0 Å². The number of aliphatic hydroxyl groups is 1. The fraction of sp³-hybridized carbons (Fsp3) is 0.647. The molecule has 0 aromatic heterocycles. The van der Waals surface area contributed by atoms with Crippen molar-refractivity contribution in [1.29, 1.82) is 0 Å². The number of hydrogen-bond donors (Lipinski definition) is 1. The van der Waals surface area contributed by atoms with Gasteiger partial charge in [0.2, 0.25) is 0 Å². The lowest BCUT2D eigenvalue weighted by molar-refractivity contribution is -0.0433. The molecule has 1 fully saturated rings. The molecule has 1 N–H and O–H groups in total. The predicted octanol–water partition coefficient (Wildman–Crippen LogP) is 3.92. The maximum Gasteiger partial charge on any atom is 0.0717 e. The highest BCUT2D eigenvalue weighted by atomic mass is 16.5. The molecule has 2 nitrogen and oxygen atoms in total. The quantitative estimate of drug-likeness (QED) is 0.842. The van der Waals surface area contributed by atoms with E-state index in [1.807, 2.05) is 18.2 Å². The fourth-order valence-corrected chi connectivity index (χ4v) is 3.21.